The fraction of sp³-hybridized carbons (Fsp3) is 0.364. The van der Waals surface area contributed by atoms with Gasteiger partial charge in [0.25, 0.3) is 0 Å². The van der Waals surface area contributed by atoms with E-state index in [9.17, 15) is 4.79 Å². The molecular weight excluding hydrogens is 344 g/mol. The van der Waals surface area contributed by atoms with E-state index in [-0.39, 0.29) is 5.78 Å². The van der Waals surface area contributed by atoms with Crippen LogP contribution in [0.25, 0.3) is 10.9 Å². The van der Waals surface area contributed by atoms with Crippen LogP contribution in [0.3, 0.4) is 0 Å². The van der Waals surface area contributed by atoms with Gasteiger partial charge in [0.1, 0.15) is 0 Å². The van der Waals surface area contributed by atoms with Crippen molar-refractivity contribution in [1.29, 1.82) is 0 Å². The smallest absolute Gasteiger partial charge is 0.159 e. The molecule has 1 N–H and O–H groups in total. The van der Waals surface area contributed by atoms with Crippen LogP contribution in [0.15, 0.2) is 42.5 Å². The molecular formula is C22H27ClN2O. The lowest BCUT2D eigenvalue weighted by molar-refractivity contribution is 0.101. The Morgan fingerprint density at radius 3 is 2.50 bits per heavy atom. The van der Waals surface area contributed by atoms with Crippen molar-refractivity contribution < 1.29 is 4.79 Å². The van der Waals surface area contributed by atoms with E-state index < -0.39 is 0 Å². The molecule has 2 aromatic carbocycles. The van der Waals surface area contributed by atoms with Crippen LogP contribution in [0.1, 0.15) is 67.6 Å². The first-order valence-corrected chi connectivity index (χ1v) is 9.51. The Morgan fingerprint density at radius 1 is 1.19 bits per heavy atom. The summed E-state index contributed by atoms with van der Waals surface area (Å²) in [5.41, 5.74) is 4.04. The molecule has 1 aromatic heterocycles. The maximum atomic E-state index is 11.1. The molecule has 0 unspecified atom stereocenters. The fourth-order valence-corrected chi connectivity index (χ4v) is 2.95. The van der Waals surface area contributed by atoms with E-state index in [4.69, 9.17) is 11.6 Å². The van der Waals surface area contributed by atoms with Crippen molar-refractivity contribution in [1.82, 2.24) is 10.2 Å². The van der Waals surface area contributed by atoms with Crippen LogP contribution in [0, 0.1) is 6.92 Å². The Balaban J connectivity index is 0.000000187. The number of carbonyl (C=O) groups excluding carboxylic acids is 1. The molecule has 138 valence electrons. The van der Waals surface area contributed by atoms with E-state index in [1.54, 1.807) is 13.0 Å². The molecule has 26 heavy (non-hydrogen) atoms. The molecule has 0 saturated carbocycles. The third kappa shape index (κ3) is 5.43. The molecule has 0 bridgehead atoms. The molecule has 0 amide bonds. The number of benzene rings is 2. The first-order valence-electron chi connectivity index (χ1n) is 9.13. The molecule has 0 aliphatic heterocycles. The van der Waals surface area contributed by atoms with Crippen molar-refractivity contribution in [3.8, 4) is 0 Å². The molecule has 0 fully saturated rings. The lowest BCUT2D eigenvalue weighted by atomic mass is 9.96. The Hall–Kier alpha value is -2.13. The number of hydrogen-bond acceptors (Lipinski definition) is 2. The van der Waals surface area contributed by atoms with Crippen molar-refractivity contribution in [3.63, 3.8) is 0 Å². The van der Waals surface area contributed by atoms with Crippen LogP contribution in [-0.4, -0.2) is 16.0 Å². The first-order chi connectivity index (χ1) is 12.4. The van der Waals surface area contributed by atoms with Crippen molar-refractivity contribution in [2.45, 2.75) is 52.9 Å². The lowest BCUT2D eigenvalue weighted by Crippen LogP contribution is -1.92. The molecule has 3 nitrogen and oxygen atoms in total. The Kier molecular flexibility index (Phi) is 7.40. The number of halogens is 1. The summed E-state index contributed by atoms with van der Waals surface area (Å²) in [5, 5.41) is 8.81. The number of nitrogens with one attached hydrogen (secondary N) is 1. The molecule has 0 saturated heterocycles. The highest BCUT2D eigenvalue weighted by Gasteiger charge is 2.05. The van der Waals surface area contributed by atoms with Gasteiger partial charge in [0, 0.05) is 21.7 Å². The van der Waals surface area contributed by atoms with Crippen LogP contribution in [0.5, 0.6) is 0 Å². The largest absolute Gasteiger partial charge is 0.295 e. The van der Waals surface area contributed by atoms with E-state index in [1.165, 1.54) is 24.8 Å². The molecule has 0 aliphatic carbocycles. The maximum Gasteiger partial charge on any atom is 0.159 e. The second-order valence-electron chi connectivity index (χ2n) is 6.73. The predicted molar refractivity (Wildman–Crippen MR) is 110 cm³/mol. The minimum Gasteiger partial charge on any atom is -0.295 e. The summed E-state index contributed by atoms with van der Waals surface area (Å²) in [5.74, 6) is 0.750. The predicted octanol–water partition coefficient (Wildman–Crippen LogP) is 6.71. The third-order valence-electron chi connectivity index (χ3n) is 4.58. The number of aromatic amines is 1. The van der Waals surface area contributed by atoms with Gasteiger partial charge in [-0.05, 0) is 62.1 Å². The number of Topliss-reactive ketones (excluding diaryl/α,β-unsaturated/α-hetero) is 1. The zero-order chi connectivity index (χ0) is 19.1. The summed E-state index contributed by atoms with van der Waals surface area (Å²) in [6, 6.07) is 13.7. The maximum absolute atomic E-state index is 11.1. The number of unbranched alkanes of at least 4 members (excludes halogenated alkanes) is 1. The van der Waals surface area contributed by atoms with Gasteiger partial charge in [0.2, 0.25) is 0 Å². The van der Waals surface area contributed by atoms with E-state index in [0.717, 1.165) is 27.2 Å². The highest BCUT2D eigenvalue weighted by atomic mass is 35.5. The van der Waals surface area contributed by atoms with Gasteiger partial charge in [-0.3, -0.25) is 9.89 Å². The second kappa shape index (κ2) is 9.54. The van der Waals surface area contributed by atoms with Crippen molar-refractivity contribution in [2.75, 3.05) is 0 Å². The van der Waals surface area contributed by atoms with E-state index in [0.29, 0.717) is 5.92 Å². The van der Waals surface area contributed by atoms with Gasteiger partial charge >= 0.3 is 0 Å². The van der Waals surface area contributed by atoms with Gasteiger partial charge in [-0.15, -0.1) is 0 Å². The van der Waals surface area contributed by atoms with Crippen LogP contribution < -0.4 is 0 Å². The topological polar surface area (TPSA) is 45.8 Å². The summed E-state index contributed by atoms with van der Waals surface area (Å²) in [6.07, 6.45) is 3.86. The van der Waals surface area contributed by atoms with Gasteiger partial charge in [0.15, 0.2) is 5.78 Å². The number of H-pyrrole nitrogens is 1. The third-order valence-corrected chi connectivity index (χ3v) is 4.83. The van der Waals surface area contributed by atoms with Crippen LogP contribution in [0.2, 0.25) is 5.02 Å². The Bertz CT molecular complexity index is 852. The molecule has 1 heterocycles. The number of aromatic nitrogens is 2. The van der Waals surface area contributed by atoms with Gasteiger partial charge < -0.3 is 0 Å². The molecule has 3 rings (SSSR count). The highest BCUT2D eigenvalue weighted by molar-refractivity contribution is 6.30. The molecule has 4 heteroatoms. The number of nitrogens with zero attached hydrogens (tertiary/aromatic N) is 1. The van der Waals surface area contributed by atoms with Crippen molar-refractivity contribution in [3.05, 3.63) is 64.3 Å². The quantitative estimate of drug-likeness (QED) is 0.507. The Labute approximate surface area is 160 Å². The van der Waals surface area contributed by atoms with Gasteiger partial charge in [-0.2, -0.15) is 5.10 Å². The minimum atomic E-state index is 0.0856. The van der Waals surface area contributed by atoms with Crippen molar-refractivity contribution >= 4 is 28.3 Å². The number of aryl methyl sites for hydroxylation is 1. The minimum absolute atomic E-state index is 0.0856. The average molecular weight is 371 g/mol. The summed E-state index contributed by atoms with van der Waals surface area (Å²) in [7, 11) is 0. The summed E-state index contributed by atoms with van der Waals surface area (Å²) < 4.78 is 0. The number of carbonyl (C=O) groups is 1. The van der Waals surface area contributed by atoms with E-state index in [1.807, 2.05) is 31.2 Å². The standard InChI is InChI=1S/C12H17Cl.C10H10N2O/c1-3-4-5-10(2)11-6-8-12(13)9-7-11;1-6-9-5-8(7(2)13)3-4-10(9)12-11-6/h6-10H,3-5H2,1-2H3;3-5H,1-2H3,(H,11,12)/t10-;/m0./s1. The van der Waals surface area contributed by atoms with Crippen LogP contribution in [-0.2, 0) is 0 Å². The van der Waals surface area contributed by atoms with Crippen LogP contribution >= 0.6 is 11.6 Å². The van der Waals surface area contributed by atoms with Gasteiger partial charge in [-0.25, -0.2) is 0 Å². The number of hydrogen-bond donors (Lipinski definition) is 1. The Morgan fingerprint density at radius 2 is 1.88 bits per heavy atom. The zero-order valence-corrected chi connectivity index (χ0v) is 16.7. The summed E-state index contributed by atoms with van der Waals surface area (Å²) >= 11 is 5.82. The monoisotopic (exact) mass is 370 g/mol. The number of ketones is 1. The lowest BCUT2D eigenvalue weighted by Gasteiger charge is -2.10. The highest BCUT2D eigenvalue weighted by Crippen LogP contribution is 2.22. The normalized spacial score (nSPS) is 11.7. The van der Waals surface area contributed by atoms with Gasteiger partial charge in [-0.1, -0.05) is 50.4 Å². The van der Waals surface area contributed by atoms with Crippen LogP contribution in [0.4, 0.5) is 0 Å². The zero-order valence-electron chi connectivity index (χ0n) is 16.0. The SMILES string of the molecule is CC(=O)c1ccc2n[nH]c(C)c2c1.CCCC[C@H](C)c1ccc(Cl)cc1. The average Bonchev–Trinajstić information content (AvgIpc) is 3.01. The molecule has 0 spiro atoms. The fourth-order valence-electron chi connectivity index (χ4n) is 2.83. The number of rotatable bonds is 5. The number of fused-ring (bicyclic) bond motifs is 1. The van der Waals surface area contributed by atoms with E-state index in [2.05, 4.69) is 36.2 Å². The molecule has 0 radical (unpaired) electrons. The van der Waals surface area contributed by atoms with E-state index >= 15 is 0 Å². The first kappa shape index (κ1) is 20.2. The molecule has 3 aromatic rings. The summed E-state index contributed by atoms with van der Waals surface area (Å²) in [6.45, 7) is 8.02. The van der Waals surface area contributed by atoms with Gasteiger partial charge in [0.05, 0.1) is 5.52 Å². The molecule has 1 atom stereocenters. The van der Waals surface area contributed by atoms with Crippen molar-refractivity contribution in [2.24, 2.45) is 0 Å². The molecule has 0 aliphatic rings. The summed E-state index contributed by atoms with van der Waals surface area (Å²) in [4.78, 5) is 11.1. The second-order valence-corrected chi connectivity index (χ2v) is 7.17.